The van der Waals surface area contributed by atoms with Gasteiger partial charge in [-0.05, 0) is 50.2 Å². The van der Waals surface area contributed by atoms with Crippen LogP contribution in [0.1, 0.15) is 65.7 Å². The summed E-state index contributed by atoms with van der Waals surface area (Å²) in [4.78, 5) is 43.9. The van der Waals surface area contributed by atoms with Crippen molar-refractivity contribution in [3.8, 4) is 0 Å². The van der Waals surface area contributed by atoms with E-state index in [1.54, 1.807) is 0 Å². The summed E-state index contributed by atoms with van der Waals surface area (Å²) in [6.07, 6.45) is 6.53. The van der Waals surface area contributed by atoms with E-state index in [0.29, 0.717) is 37.4 Å². The molecular weight excluding hydrogens is 412 g/mol. The first-order chi connectivity index (χ1) is 16.1. The van der Waals surface area contributed by atoms with E-state index >= 15 is 0 Å². The van der Waals surface area contributed by atoms with Crippen LogP contribution in [0.2, 0.25) is 0 Å². The summed E-state index contributed by atoms with van der Waals surface area (Å²) in [5.74, 6) is 0.606. The molecule has 0 aromatic heterocycles. The van der Waals surface area contributed by atoms with Gasteiger partial charge in [0.1, 0.15) is 6.04 Å². The summed E-state index contributed by atoms with van der Waals surface area (Å²) in [5.41, 5.74) is 1.41. The number of carbonyl (C=O) groups excluding carboxylic acids is 3. The highest BCUT2D eigenvalue weighted by atomic mass is 16.2. The Hall–Kier alpha value is -2.95. The molecule has 2 aromatic rings. The third-order valence-corrected chi connectivity index (χ3v) is 7.86. The van der Waals surface area contributed by atoms with Crippen LogP contribution in [0.25, 0.3) is 0 Å². The Kier molecular flexibility index (Phi) is 6.30. The van der Waals surface area contributed by atoms with Crippen molar-refractivity contribution in [1.82, 2.24) is 9.80 Å². The van der Waals surface area contributed by atoms with Gasteiger partial charge in [-0.15, -0.1) is 0 Å². The molecule has 2 aliphatic heterocycles. The zero-order valence-electron chi connectivity index (χ0n) is 19.1. The van der Waals surface area contributed by atoms with Gasteiger partial charge in [0, 0.05) is 36.2 Å². The van der Waals surface area contributed by atoms with Crippen LogP contribution in [-0.4, -0.2) is 52.6 Å². The topological polar surface area (TPSA) is 57.7 Å². The summed E-state index contributed by atoms with van der Waals surface area (Å²) in [7, 11) is 0. The van der Waals surface area contributed by atoms with Crippen LogP contribution >= 0.6 is 0 Å². The van der Waals surface area contributed by atoms with Gasteiger partial charge < -0.3 is 9.80 Å². The molecule has 5 heteroatoms. The lowest BCUT2D eigenvalue weighted by atomic mass is 9.84. The van der Waals surface area contributed by atoms with E-state index in [2.05, 4.69) is 0 Å². The molecule has 0 spiro atoms. The van der Waals surface area contributed by atoms with Crippen LogP contribution in [0.3, 0.4) is 0 Å². The van der Waals surface area contributed by atoms with Crippen molar-refractivity contribution in [2.45, 2.75) is 57.0 Å². The number of amides is 2. The number of fused-ring (bicyclic) bond motifs is 1. The first-order valence-electron chi connectivity index (χ1n) is 12.4. The summed E-state index contributed by atoms with van der Waals surface area (Å²) in [6, 6.07) is 18.6. The van der Waals surface area contributed by atoms with Gasteiger partial charge in [0.15, 0.2) is 5.78 Å². The van der Waals surface area contributed by atoms with Gasteiger partial charge in [-0.25, -0.2) is 0 Å². The van der Waals surface area contributed by atoms with Crippen LogP contribution in [0.4, 0.5) is 0 Å². The molecular formula is C28H32N2O3. The molecule has 2 amide bonds. The summed E-state index contributed by atoms with van der Waals surface area (Å²) in [6.45, 7) is 1.17. The molecule has 0 bridgehead atoms. The van der Waals surface area contributed by atoms with Gasteiger partial charge in [-0.3, -0.25) is 14.4 Å². The Labute approximate surface area is 195 Å². The fourth-order valence-corrected chi connectivity index (χ4v) is 6.11. The maximum Gasteiger partial charge on any atom is 0.254 e. The molecule has 3 aliphatic rings. The molecule has 5 nitrogen and oxygen atoms in total. The van der Waals surface area contributed by atoms with Crippen molar-refractivity contribution in [2.75, 3.05) is 13.1 Å². The van der Waals surface area contributed by atoms with Crippen molar-refractivity contribution in [3.05, 3.63) is 71.8 Å². The fraction of sp³-hybridized carbons (Fsp3) is 0.464. The number of ketones is 1. The molecule has 3 atom stereocenters. The third-order valence-electron chi connectivity index (χ3n) is 7.86. The highest BCUT2D eigenvalue weighted by molar-refractivity contribution is 5.99. The predicted molar refractivity (Wildman–Crippen MR) is 127 cm³/mol. The minimum absolute atomic E-state index is 0.0162. The molecule has 1 saturated carbocycles. The Bertz CT molecular complexity index is 998. The fourth-order valence-electron chi connectivity index (χ4n) is 6.11. The largest absolute Gasteiger partial charge is 0.341 e. The van der Waals surface area contributed by atoms with Gasteiger partial charge in [0.25, 0.3) is 5.91 Å². The molecule has 3 unspecified atom stereocenters. The van der Waals surface area contributed by atoms with Gasteiger partial charge in [0.05, 0.1) is 0 Å². The SMILES string of the molecule is O=C(c1ccccc1)C1CCN(C(=O)C2CC3CCCCC3N2C(=O)c2ccccc2)CC1. The van der Waals surface area contributed by atoms with Crippen molar-refractivity contribution < 1.29 is 14.4 Å². The number of likely N-dealkylation sites (tertiary alicyclic amines) is 2. The van der Waals surface area contributed by atoms with Crippen molar-refractivity contribution in [2.24, 2.45) is 11.8 Å². The molecule has 3 fully saturated rings. The van der Waals surface area contributed by atoms with Crippen LogP contribution in [0.5, 0.6) is 0 Å². The van der Waals surface area contributed by atoms with Crippen molar-refractivity contribution in [1.29, 1.82) is 0 Å². The monoisotopic (exact) mass is 444 g/mol. The van der Waals surface area contributed by atoms with Crippen LogP contribution in [0, 0.1) is 11.8 Å². The van der Waals surface area contributed by atoms with Crippen LogP contribution in [-0.2, 0) is 4.79 Å². The normalized spacial score (nSPS) is 25.5. The van der Waals surface area contributed by atoms with Gasteiger partial charge in [0.2, 0.25) is 5.91 Å². The maximum atomic E-state index is 13.7. The third kappa shape index (κ3) is 4.33. The molecule has 0 N–H and O–H groups in total. The Morgan fingerprint density at radius 3 is 2.00 bits per heavy atom. The second-order valence-electron chi connectivity index (χ2n) is 9.77. The van der Waals surface area contributed by atoms with E-state index in [-0.39, 0.29) is 35.6 Å². The van der Waals surface area contributed by atoms with E-state index in [4.69, 9.17) is 0 Å². The molecule has 0 radical (unpaired) electrons. The number of hydrogen-bond acceptors (Lipinski definition) is 3. The van der Waals surface area contributed by atoms with Gasteiger partial charge in [-0.1, -0.05) is 61.4 Å². The van der Waals surface area contributed by atoms with Crippen molar-refractivity contribution in [3.63, 3.8) is 0 Å². The lowest BCUT2D eigenvalue weighted by molar-refractivity contribution is -0.136. The predicted octanol–water partition coefficient (Wildman–Crippen LogP) is 4.58. The maximum absolute atomic E-state index is 13.7. The lowest BCUT2D eigenvalue weighted by Gasteiger charge is -2.37. The number of Topliss-reactive ketones (excluding diaryl/α,β-unsaturated/α-hetero) is 1. The summed E-state index contributed by atoms with van der Waals surface area (Å²) in [5, 5.41) is 0. The molecule has 172 valence electrons. The smallest absolute Gasteiger partial charge is 0.254 e. The summed E-state index contributed by atoms with van der Waals surface area (Å²) >= 11 is 0. The lowest BCUT2D eigenvalue weighted by Crippen LogP contribution is -2.52. The molecule has 33 heavy (non-hydrogen) atoms. The standard InChI is InChI=1S/C28H32N2O3/c31-26(20-9-3-1-4-10-20)21-15-17-29(18-16-21)28(33)25-19-23-13-7-8-14-24(23)30(25)27(32)22-11-5-2-6-12-22/h1-6,9-12,21,23-25H,7-8,13-19H2. The number of piperidine rings is 1. The number of rotatable bonds is 4. The zero-order chi connectivity index (χ0) is 22.8. The summed E-state index contributed by atoms with van der Waals surface area (Å²) < 4.78 is 0. The average molecular weight is 445 g/mol. The quantitative estimate of drug-likeness (QED) is 0.649. The number of carbonyl (C=O) groups is 3. The number of hydrogen-bond donors (Lipinski definition) is 0. The van der Waals surface area contributed by atoms with E-state index in [0.717, 1.165) is 31.2 Å². The average Bonchev–Trinajstić information content (AvgIpc) is 3.28. The Morgan fingerprint density at radius 1 is 0.727 bits per heavy atom. The minimum Gasteiger partial charge on any atom is -0.341 e. The van der Waals surface area contributed by atoms with E-state index in [9.17, 15) is 14.4 Å². The van der Waals surface area contributed by atoms with Crippen molar-refractivity contribution >= 4 is 17.6 Å². The Morgan fingerprint density at radius 2 is 1.33 bits per heavy atom. The highest BCUT2D eigenvalue weighted by Crippen LogP contribution is 2.41. The molecule has 2 heterocycles. The minimum atomic E-state index is -0.382. The molecule has 2 aromatic carbocycles. The second kappa shape index (κ2) is 9.50. The first-order valence-corrected chi connectivity index (χ1v) is 12.4. The van der Waals surface area contributed by atoms with E-state index in [1.807, 2.05) is 70.5 Å². The molecule has 5 rings (SSSR count). The highest BCUT2D eigenvalue weighted by Gasteiger charge is 2.48. The van der Waals surface area contributed by atoms with E-state index < -0.39 is 0 Å². The molecule has 2 saturated heterocycles. The number of benzene rings is 2. The van der Waals surface area contributed by atoms with Crippen LogP contribution < -0.4 is 0 Å². The van der Waals surface area contributed by atoms with Gasteiger partial charge >= 0.3 is 0 Å². The van der Waals surface area contributed by atoms with E-state index in [1.165, 1.54) is 6.42 Å². The van der Waals surface area contributed by atoms with Gasteiger partial charge in [-0.2, -0.15) is 0 Å². The number of nitrogens with zero attached hydrogens (tertiary/aromatic N) is 2. The first kappa shape index (κ1) is 21.9. The second-order valence-corrected chi connectivity index (χ2v) is 9.77. The molecule has 1 aliphatic carbocycles. The van der Waals surface area contributed by atoms with Crippen LogP contribution in [0.15, 0.2) is 60.7 Å². The zero-order valence-corrected chi connectivity index (χ0v) is 19.1. The Balaban J connectivity index is 1.30.